The van der Waals surface area contributed by atoms with Crippen molar-refractivity contribution in [1.82, 2.24) is 4.90 Å². The third-order valence-corrected chi connectivity index (χ3v) is 8.09. The average molecular weight is 428 g/mol. The topological polar surface area (TPSA) is 57.6 Å². The first-order valence-corrected chi connectivity index (χ1v) is 11.3. The van der Waals surface area contributed by atoms with E-state index in [4.69, 9.17) is 0 Å². The van der Waals surface area contributed by atoms with Crippen molar-refractivity contribution < 1.29 is 14.7 Å². The molecule has 1 heterocycles. The fourth-order valence-electron chi connectivity index (χ4n) is 6.42. The Balaban J connectivity index is 1.40. The highest BCUT2D eigenvalue weighted by Crippen LogP contribution is 2.69. The number of carbonyl (C=O) groups excluding carboxylic acids is 2. The fourth-order valence-corrected chi connectivity index (χ4v) is 6.42. The number of carbonyl (C=O) groups is 2. The van der Waals surface area contributed by atoms with Crippen LogP contribution in [-0.4, -0.2) is 21.8 Å². The number of phenols is 1. The minimum absolute atomic E-state index is 0.0564. The first kappa shape index (κ1) is 20.7. The molecular weight excluding hydrogens is 398 g/mol. The number of nitrogens with zero attached hydrogens (tertiary/aromatic N) is 1. The van der Waals surface area contributed by atoms with Crippen LogP contribution in [0.2, 0.25) is 0 Å². The maximum atomic E-state index is 13.8. The standard InChI is InChI=1S/C28H29NO3/c1-4-14-28-24(21-13-15-27(28,3)17-21)25(31)29(26(28)32)22-9-7-20(8-10-22)18(2)16-19-5-11-23(30)12-6-19/h4-7,9-13,15,21,24,30H,1,8,14,16-17H2,2-3H3. The van der Waals surface area contributed by atoms with Gasteiger partial charge in [-0.2, -0.15) is 0 Å². The molecule has 1 aliphatic heterocycles. The molecule has 1 saturated heterocycles. The maximum Gasteiger partial charge on any atom is 0.241 e. The van der Waals surface area contributed by atoms with Gasteiger partial charge in [-0.15, -0.1) is 6.58 Å². The van der Waals surface area contributed by atoms with Gasteiger partial charge in [-0.05, 0) is 67.9 Å². The Morgan fingerprint density at radius 3 is 2.66 bits per heavy atom. The average Bonchev–Trinajstić information content (AvgIpc) is 3.36. The number of phenolic OH excluding ortho intramolecular Hbond substituents is 1. The summed E-state index contributed by atoms with van der Waals surface area (Å²) in [5.41, 5.74) is 3.26. The fraction of sp³-hybridized carbons (Fsp3) is 0.357. The van der Waals surface area contributed by atoms with Crippen LogP contribution < -0.4 is 0 Å². The molecule has 4 heteroatoms. The van der Waals surface area contributed by atoms with Crippen LogP contribution >= 0.6 is 0 Å². The lowest BCUT2D eigenvalue weighted by Crippen LogP contribution is -2.45. The van der Waals surface area contributed by atoms with Gasteiger partial charge < -0.3 is 5.11 Å². The Morgan fingerprint density at radius 1 is 1.25 bits per heavy atom. The van der Waals surface area contributed by atoms with Gasteiger partial charge >= 0.3 is 0 Å². The maximum absolute atomic E-state index is 13.8. The van der Waals surface area contributed by atoms with Crippen LogP contribution in [0.5, 0.6) is 5.75 Å². The van der Waals surface area contributed by atoms with E-state index in [0.29, 0.717) is 18.5 Å². The van der Waals surface area contributed by atoms with Crippen molar-refractivity contribution in [3.63, 3.8) is 0 Å². The molecule has 164 valence electrons. The van der Waals surface area contributed by atoms with Crippen LogP contribution in [0.15, 0.2) is 84.1 Å². The summed E-state index contributed by atoms with van der Waals surface area (Å²) in [6.45, 7) is 8.13. The van der Waals surface area contributed by atoms with Crippen molar-refractivity contribution in [2.24, 2.45) is 22.7 Å². The van der Waals surface area contributed by atoms with Crippen molar-refractivity contribution in [1.29, 1.82) is 0 Å². The number of rotatable bonds is 5. The van der Waals surface area contributed by atoms with Gasteiger partial charge in [-0.1, -0.05) is 55.0 Å². The van der Waals surface area contributed by atoms with E-state index in [0.717, 1.165) is 18.4 Å². The minimum Gasteiger partial charge on any atom is -0.508 e. The number of hydrogen-bond acceptors (Lipinski definition) is 3. The summed E-state index contributed by atoms with van der Waals surface area (Å²) in [7, 11) is 0. The zero-order valence-corrected chi connectivity index (χ0v) is 18.7. The Morgan fingerprint density at radius 2 is 2.00 bits per heavy atom. The molecule has 4 atom stereocenters. The Labute approximate surface area is 189 Å². The summed E-state index contributed by atoms with van der Waals surface area (Å²) in [5, 5.41) is 9.48. The van der Waals surface area contributed by atoms with E-state index in [1.165, 1.54) is 16.0 Å². The molecule has 32 heavy (non-hydrogen) atoms. The zero-order valence-electron chi connectivity index (χ0n) is 18.7. The first-order valence-electron chi connectivity index (χ1n) is 11.3. The second-order valence-corrected chi connectivity index (χ2v) is 9.88. The van der Waals surface area contributed by atoms with Gasteiger partial charge in [0.15, 0.2) is 0 Å². The first-order chi connectivity index (χ1) is 15.3. The number of imide groups is 1. The summed E-state index contributed by atoms with van der Waals surface area (Å²) in [4.78, 5) is 28.8. The second kappa shape index (κ2) is 7.19. The Kier molecular flexibility index (Phi) is 4.66. The van der Waals surface area contributed by atoms with E-state index < -0.39 is 5.41 Å². The van der Waals surface area contributed by atoms with Crippen molar-refractivity contribution in [2.75, 3.05) is 0 Å². The molecule has 1 aromatic carbocycles. The van der Waals surface area contributed by atoms with E-state index in [1.807, 2.05) is 30.4 Å². The highest BCUT2D eigenvalue weighted by Gasteiger charge is 2.73. The molecule has 5 rings (SSSR count). The smallest absolute Gasteiger partial charge is 0.241 e. The SMILES string of the molecule is C=CCC12C(=O)N(C3=CCC(=C(C)Cc4ccc(O)cc4)C=C3)C(=O)C1C1C=CC2(C)C1. The molecule has 1 aromatic rings. The van der Waals surface area contributed by atoms with E-state index in [1.54, 1.807) is 18.2 Å². The van der Waals surface area contributed by atoms with Gasteiger partial charge in [0.1, 0.15) is 5.75 Å². The van der Waals surface area contributed by atoms with Crippen molar-refractivity contribution in [2.45, 2.75) is 39.5 Å². The van der Waals surface area contributed by atoms with Gasteiger partial charge in [0.25, 0.3) is 0 Å². The van der Waals surface area contributed by atoms with Crippen molar-refractivity contribution in [3.05, 3.63) is 89.7 Å². The van der Waals surface area contributed by atoms with Gasteiger partial charge in [0.2, 0.25) is 11.8 Å². The number of likely N-dealkylation sites (tertiary alicyclic amines) is 1. The van der Waals surface area contributed by atoms with Crippen LogP contribution in [0.25, 0.3) is 0 Å². The van der Waals surface area contributed by atoms with Gasteiger partial charge in [-0.25, -0.2) is 0 Å². The van der Waals surface area contributed by atoms with Crippen molar-refractivity contribution >= 4 is 11.8 Å². The van der Waals surface area contributed by atoms with E-state index >= 15 is 0 Å². The molecule has 3 aliphatic carbocycles. The second-order valence-electron chi connectivity index (χ2n) is 9.88. The minimum atomic E-state index is -0.704. The van der Waals surface area contributed by atoms with Crippen LogP contribution in [0.4, 0.5) is 0 Å². The number of benzene rings is 1. The number of hydrogen-bond donors (Lipinski definition) is 1. The summed E-state index contributed by atoms with van der Waals surface area (Å²) >= 11 is 0. The van der Waals surface area contributed by atoms with Gasteiger partial charge in [-0.3, -0.25) is 14.5 Å². The highest BCUT2D eigenvalue weighted by atomic mass is 16.3. The highest BCUT2D eigenvalue weighted by molar-refractivity contribution is 6.11. The molecule has 0 aromatic heterocycles. The molecule has 4 nitrogen and oxygen atoms in total. The molecule has 2 bridgehead atoms. The van der Waals surface area contributed by atoms with E-state index in [-0.39, 0.29) is 34.8 Å². The number of fused-ring (bicyclic) bond motifs is 5. The summed E-state index contributed by atoms with van der Waals surface area (Å²) in [6.07, 6.45) is 14.9. The number of aromatic hydroxyl groups is 1. The molecule has 2 fully saturated rings. The predicted molar refractivity (Wildman–Crippen MR) is 124 cm³/mol. The lowest BCUT2D eigenvalue weighted by Gasteiger charge is -2.39. The zero-order chi connectivity index (χ0) is 22.7. The molecule has 1 N–H and O–H groups in total. The van der Waals surface area contributed by atoms with E-state index in [2.05, 4.69) is 32.6 Å². The Bertz CT molecular complexity index is 1140. The molecule has 4 aliphatic rings. The molecular formula is C28H29NO3. The van der Waals surface area contributed by atoms with Crippen LogP contribution in [0, 0.1) is 22.7 Å². The summed E-state index contributed by atoms with van der Waals surface area (Å²) < 4.78 is 0. The van der Waals surface area contributed by atoms with Crippen LogP contribution in [0.1, 0.15) is 38.7 Å². The lowest BCUT2D eigenvalue weighted by molar-refractivity contribution is -0.141. The molecule has 2 amide bonds. The molecule has 4 unspecified atom stereocenters. The molecule has 0 radical (unpaired) electrons. The molecule has 0 spiro atoms. The van der Waals surface area contributed by atoms with E-state index in [9.17, 15) is 14.7 Å². The third kappa shape index (κ3) is 2.75. The molecule has 1 saturated carbocycles. The van der Waals surface area contributed by atoms with Crippen LogP contribution in [-0.2, 0) is 16.0 Å². The normalized spacial score (nSPS) is 34.2. The summed E-state index contributed by atoms with van der Waals surface area (Å²) in [5.74, 6) is -0.00588. The third-order valence-electron chi connectivity index (χ3n) is 8.09. The van der Waals surface area contributed by atoms with Crippen molar-refractivity contribution in [3.8, 4) is 5.75 Å². The van der Waals surface area contributed by atoms with Gasteiger partial charge in [0, 0.05) is 11.1 Å². The summed E-state index contributed by atoms with van der Waals surface area (Å²) in [6, 6.07) is 7.25. The van der Waals surface area contributed by atoms with Gasteiger partial charge in [0.05, 0.1) is 11.3 Å². The Hall–Kier alpha value is -3.14. The quantitative estimate of drug-likeness (QED) is 0.517. The lowest BCUT2D eigenvalue weighted by atomic mass is 9.60. The predicted octanol–water partition coefficient (Wildman–Crippen LogP) is 5.24. The number of amides is 2. The number of allylic oxidation sites excluding steroid dienone is 8. The monoisotopic (exact) mass is 427 g/mol. The van der Waals surface area contributed by atoms with Crippen LogP contribution in [0.3, 0.4) is 0 Å². The largest absolute Gasteiger partial charge is 0.508 e.